The summed E-state index contributed by atoms with van der Waals surface area (Å²) in [5.74, 6) is 1.13. The molecule has 3 aromatic heterocycles. The van der Waals surface area contributed by atoms with Crippen LogP contribution in [0.1, 0.15) is 27.2 Å². The van der Waals surface area contributed by atoms with Crippen molar-refractivity contribution in [1.82, 2.24) is 19.5 Å². The molecule has 3 heterocycles. The quantitative estimate of drug-likeness (QED) is 0.745. The number of rotatable bonds is 5. The number of aromatic nitrogens is 4. The molecule has 0 fully saturated rings. The van der Waals surface area contributed by atoms with E-state index in [1.807, 2.05) is 23.7 Å². The van der Waals surface area contributed by atoms with Crippen molar-refractivity contribution in [2.45, 2.75) is 39.3 Å². The molecular formula is C17H24N6O. The third kappa shape index (κ3) is 2.87. The molecule has 0 aromatic carbocycles. The molecule has 7 heteroatoms. The Morgan fingerprint density at radius 1 is 1.33 bits per heavy atom. The Kier molecular flexibility index (Phi) is 4.04. The lowest BCUT2D eigenvalue weighted by molar-refractivity contribution is 0.0631. The highest BCUT2D eigenvalue weighted by Gasteiger charge is 2.24. The first kappa shape index (κ1) is 16.4. The summed E-state index contributed by atoms with van der Waals surface area (Å²) in [6.45, 7) is 6.95. The molecule has 24 heavy (non-hydrogen) atoms. The smallest absolute Gasteiger partial charge is 0.206 e. The molecule has 0 saturated carbocycles. The summed E-state index contributed by atoms with van der Waals surface area (Å²) >= 11 is 0. The number of pyridine rings is 2. The summed E-state index contributed by atoms with van der Waals surface area (Å²) in [4.78, 5) is 15.5. The molecule has 0 unspecified atom stereocenters. The molecule has 3 rings (SSSR count). The molecule has 0 atom stereocenters. The van der Waals surface area contributed by atoms with E-state index < -0.39 is 5.60 Å². The Hall–Kier alpha value is -2.41. The number of hydrogen-bond donors (Lipinski definition) is 2. The van der Waals surface area contributed by atoms with E-state index in [1.54, 1.807) is 20.0 Å². The predicted molar refractivity (Wildman–Crippen MR) is 97.1 cm³/mol. The van der Waals surface area contributed by atoms with Crippen molar-refractivity contribution in [2.75, 3.05) is 24.2 Å². The Morgan fingerprint density at radius 3 is 2.75 bits per heavy atom. The molecule has 0 bridgehead atoms. The molecule has 128 valence electrons. The highest BCUT2D eigenvalue weighted by molar-refractivity contribution is 6.06. The summed E-state index contributed by atoms with van der Waals surface area (Å²) in [6, 6.07) is 3.83. The van der Waals surface area contributed by atoms with E-state index in [9.17, 15) is 5.11 Å². The molecule has 3 N–H and O–H groups in total. The summed E-state index contributed by atoms with van der Waals surface area (Å²) in [5, 5.41) is 11.3. The van der Waals surface area contributed by atoms with Gasteiger partial charge >= 0.3 is 0 Å². The number of nitrogens with two attached hydrogens (primary N) is 1. The minimum Gasteiger partial charge on any atom is -0.389 e. The second kappa shape index (κ2) is 5.90. The average Bonchev–Trinajstić information content (AvgIpc) is 2.86. The summed E-state index contributed by atoms with van der Waals surface area (Å²) in [6.07, 6.45) is 2.69. The van der Waals surface area contributed by atoms with Crippen LogP contribution < -0.4 is 10.6 Å². The summed E-state index contributed by atoms with van der Waals surface area (Å²) in [5.41, 5.74) is 7.35. The van der Waals surface area contributed by atoms with Gasteiger partial charge in [-0.2, -0.15) is 0 Å². The van der Waals surface area contributed by atoms with Gasteiger partial charge in [-0.25, -0.2) is 15.0 Å². The second-order valence-electron chi connectivity index (χ2n) is 6.80. The van der Waals surface area contributed by atoms with Crippen LogP contribution in [-0.2, 0) is 6.54 Å². The Morgan fingerprint density at radius 2 is 2.08 bits per heavy atom. The fraction of sp³-hybridized carbons (Fsp3) is 0.471. The van der Waals surface area contributed by atoms with Crippen LogP contribution in [0.5, 0.6) is 0 Å². The fourth-order valence-electron chi connectivity index (χ4n) is 2.99. The van der Waals surface area contributed by atoms with Crippen molar-refractivity contribution < 1.29 is 5.11 Å². The van der Waals surface area contributed by atoms with E-state index in [4.69, 9.17) is 10.7 Å². The molecule has 0 radical (unpaired) electrons. The van der Waals surface area contributed by atoms with Crippen molar-refractivity contribution in [2.24, 2.45) is 0 Å². The lowest BCUT2D eigenvalue weighted by Crippen LogP contribution is -2.29. The maximum Gasteiger partial charge on any atom is 0.206 e. The molecule has 0 amide bonds. The van der Waals surface area contributed by atoms with Crippen LogP contribution in [0.15, 0.2) is 18.3 Å². The van der Waals surface area contributed by atoms with Gasteiger partial charge in [0, 0.05) is 25.2 Å². The van der Waals surface area contributed by atoms with Gasteiger partial charge in [-0.05, 0) is 32.4 Å². The van der Waals surface area contributed by atoms with Crippen LogP contribution in [0.3, 0.4) is 0 Å². The minimum atomic E-state index is -0.887. The molecule has 0 aliphatic rings. The van der Waals surface area contributed by atoms with Crippen LogP contribution in [0.2, 0.25) is 0 Å². The van der Waals surface area contributed by atoms with Gasteiger partial charge in [-0.3, -0.25) is 0 Å². The van der Waals surface area contributed by atoms with E-state index in [1.165, 1.54) is 0 Å². The van der Waals surface area contributed by atoms with Gasteiger partial charge in [0.1, 0.15) is 5.52 Å². The second-order valence-corrected chi connectivity index (χ2v) is 6.80. The first-order valence-electron chi connectivity index (χ1n) is 8.16. The number of anilines is 2. The highest BCUT2D eigenvalue weighted by atomic mass is 16.3. The van der Waals surface area contributed by atoms with E-state index >= 15 is 0 Å². The number of fused-ring (bicyclic) bond motifs is 3. The molecule has 0 aliphatic carbocycles. The average molecular weight is 328 g/mol. The maximum absolute atomic E-state index is 10.4. The van der Waals surface area contributed by atoms with Gasteiger partial charge in [0.25, 0.3) is 0 Å². The molecule has 7 nitrogen and oxygen atoms in total. The predicted octanol–water partition coefficient (Wildman–Crippen LogP) is 2.18. The van der Waals surface area contributed by atoms with Gasteiger partial charge in [-0.15, -0.1) is 0 Å². The Labute approximate surface area is 141 Å². The van der Waals surface area contributed by atoms with Crippen LogP contribution in [0.25, 0.3) is 22.1 Å². The Bertz CT molecular complexity index is 880. The lowest BCUT2D eigenvalue weighted by Gasteiger charge is -2.24. The molecule has 3 aromatic rings. The summed E-state index contributed by atoms with van der Waals surface area (Å²) < 4.78 is 2.02. The zero-order chi connectivity index (χ0) is 17.5. The Balaban J connectivity index is 2.37. The monoisotopic (exact) mass is 328 g/mol. The van der Waals surface area contributed by atoms with Crippen molar-refractivity contribution in [1.29, 1.82) is 0 Å². The lowest BCUT2D eigenvalue weighted by atomic mass is 10.1. The van der Waals surface area contributed by atoms with Gasteiger partial charge in [0.15, 0.2) is 11.5 Å². The third-order valence-electron chi connectivity index (χ3n) is 3.90. The van der Waals surface area contributed by atoms with Crippen molar-refractivity contribution in [3.05, 3.63) is 18.3 Å². The first-order valence-corrected chi connectivity index (χ1v) is 8.16. The highest BCUT2D eigenvalue weighted by Crippen LogP contribution is 2.32. The van der Waals surface area contributed by atoms with Crippen LogP contribution in [0.4, 0.5) is 11.8 Å². The van der Waals surface area contributed by atoms with Crippen molar-refractivity contribution in [3.63, 3.8) is 0 Å². The number of nitrogens with zero attached hydrogens (tertiary/aromatic N) is 5. The SMILES string of the molecule is CCCN(C)c1nc2c(N)nc3ncccc3c2n1CC(C)(C)O. The minimum absolute atomic E-state index is 0.358. The number of nitrogen functional groups attached to an aromatic ring is 1. The zero-order valence-electron chi connectivity index (χ0n) is 14.6. The number of aliphatic hydroxyl groups is 1. The van der Waals surface area contributed by atoms with E-state index in [0.717, 1.165) is 29.8 Å². The van der Waals surface area contributed by atoms with Gasteiger partial charge < -0.3 is 20.3 Å². The van der Waals surface area contributed by atoms with Crippen LogP contribution >= 0.6 is 0 Å². The van der Waals surface area contributed by atoms with E-state index in [-0.39, 0.29) is 0 Å². The van der Waals surface area contributed by atoms with Crippen LogP contribution in [-0.4, -0.2) is 43.8 Å². The van der Waals surface area contributed by atoms with Crippen molar-refractivity contribution in [3.8, 4) is 0 Å². The van der Waals surface area contributed by atoms with E-state index in [2.05, 4.69) is 21.8 Å². The molecule has 0 saturated heterocycles. The van der Waals surface area contributed by atoms with E-state index in [0.29, 0.717) is 23.5 Å². The first-order chi connectivity index (χ1) is 11.3. The third-order valence-corrected chi connectivity index (χ3v) is 3.90. The molecular weight excluding hydrogens is 304 g/mol. The summed E-state index contributed by atoms with van der Waals surface area (Å²) in [7, 11) is 2.00. The van der Waals surface area contributed by atoms with Gasteiger partial charge in [-0.1, -0.05) is 6.92 Å². The zero-order valence-corrected chi connectivity index (χ0v) is 14.6. The van der Waals surface area contributed by atoms with Gasteiger partial charge in [0.2, 0.25) is 5.95 Å². The number of imidazole rings is 1. The van der Waals surface area contributed by atoms with Gasteiger partial charge in [0.05, 0.1) is 17.7 Å². The maximum atomic E-state index is 10.4. The van der Waals surface area contributed by atoms with Crippen molar-refractivity contribution >= 4 is 33.8 Å². The molecule has 0 spiro atoms. The topological polar surface area (TPSA) is 93.1 Å². The fourth-order valence-corrected chi connectivity index (χ4v) is 2.99. The normalized spacial score (nSPS) is 12.2. The standard InChI is InChI=1S/C17H24N6O/c1-5-9-22(4)16-20-12-13(23(16)10-17(2,3)24)11-7-6-8-19-15(11)21-14(12)18/h6-8,24H,5,9-10H2,1-4H3,(H2,18,19,21). The number of hydrogen-bond acceptors (Lipinski definition) is 6. The largest absolute Gasteiger partial charge is 0.389 e. The molecule has 0 aliphatic heterocycles. The van der Waals surface area contributed by atoms with Crippen LogP contribution in [0, 0.1) is 0 Å².